The molecule has 0 fully saturated rings. The average molecular weight is 338 g/mol. The number of nitriles is 1. The van der Waals surface area contributed by atoms with Gasteiger partial charge in [0, 0.05) is 11.1 Å². The number of aromatic amines is 1. The van der Waals surface area contributed by atoms with E-state index in [0.717, 1.165) is 16.6 Å². The fraction of sp³-hybridized carbons (Fsp3) is 0. The van der Waals surface area contributed by atoms with Gasteiger partial charge in [-0.3, -0.25) is 4.79 Å². The summed E-state index contributed by atoms with van der Waals surface area (Å²) >= 11 is 0. The second kappa shape index (κ2) is 6.54. The van der Waals surface area contributed by atoms with Crippen molar-refractivity contribution in [3.05, 3.63) is 83.9 Å². The van der Waals surface area contributed by atoms with E-state index in [1.165, 1.54) is 0 Å². The summed E-state index contributed by atoms with van der Waals surface area (Å²) < 4.78 is 0. The monoisotopic (exact) mass is 338 g/mol. The number of imidazole rings is 1. The van der Waals surface area contributed by atoms with Crippen molar-refractivity contribution in [3.63, 3.8) is 0 Å². The fourth-order valence-corrected chi connectivity index (χ4v) is 2.80. The maximum Gasteiger partial charge on any atom is 0.255 e. The summed E-state index contributed by atoms with van der Waals surface area (Å²) in [6.45, 7) is 0. The van der Waals surface area contributed by atoms with Crippen LogP contribution in [-0.2, 0) is 0 Å². The minimum Gasteiger partial charge on any atom is -0.338 e. The lowest BCUT2D eigenvalue weighted by atomic mass is 10.1. The molecule has 1 heterocycles. The Hall–Kier alpha value is -3.91. The molecule has 2 N–H and O–H groups in total. The van der Waals surface area contributed by atoms with E-state index in [1.54, 1.807) is 24.3 Å². The number of amides is 1. The molecule has 0 aliphatic carbocycles. The molecular weight excluding hydrogens is 324 g/mol. The number of nitrogens with zero attached hydrogens (tertiary/aromatic N) is 2. The lowest BCUT2D eigenvalue weighted by molar-refractivity contribution is 0.102. The molecule has 124 valence electrons. The van der Waals surface area contributed by atoms with E-state index in [0.29, 0.717) is 22.6 Å². The minimum atomic E-state index is -0.273. The molecule has 5 heteroatoms. The Bertz CT molecular complexity index is 1120. The normalized spacial score (nSPS) is 10.4. The first-order chi connectivity index (χ1) is 12.7. The van der Waals surface area contributed by atoms with Crippen LogP contribution < -0.4 is 5.32 Å². The third-order valence-electron chi connectivity index (χ3n) is 4.07. The lowest BCUT2D eigenvalue weighted by Crippen LogP contribution is -2.12. The largest absolute Gasteiger partial charge is 0.338 e. The number of carbonyl (C=O) groups excluding carboxylic acids is 1. The summed E-state index contributed by atoms with van der Waals surface area (Å²) in [6.07, 6.45) is 0. The summed E-state index contributed by atoms with van der Waals surface area (Å²) in [7, 11) is 0. The van der Waals surface area contributed by atoms with Gasteiger partial charge in [0.2, 0.25) is 0 Å². The van der Waals surface area contributed by atoms with Crippen LogP contribution in [0.4, 0.5) is 5.69 Å². The van der Waals surface area contributed by atoms with E-state index in [2.05, 4.69) is 15.3 Å². The minimum absolute atomic E-state index is 0.273. The molecule has 0 saturated heterocycles. The molecule has 0 radical (unpaired) electrons. The van der Waals surface area contributed by atoms with Gasteiger partial charge < -0.3 is 10.3 Å². The highest BCUT2D eigenvalue weighted by Crippen LogP contribution is 2.27. The predicted octanol–water partition coefficient (Wildman–Crippen LogP) is 4.35. The second-order valence-electron chi connectivity index (χ2n) is 5.79. The lowest BCUT2D eigenvalue weighted by Gasteiger charge is -2.09. The summed E-state index contributed by atoms with van der Waals surface area (Å²) in [6, 6.07) is 23.9. The molecule has 0 unspecified atom stereocenters. The Labute approximate surface area is 149 Å². The molecule has 4 rings (SSSR count). The van der Waals surface area contributed by atoms with Gasteiger partial charge in [0.15, 0.2) is 0 Å². The zero-order chi connectivity index (χ0) is 17.9. The standard InChI is InChI=1S/C21H14N4O/c22-13-14-6-5-7-15(12-14)21(26)25-17-9-2-1-8-16(17)20-23-18-10-3-4-11-19(18)24-20/h1-12H,(H,23,24)(H,25,26). The molecule has 0 aliphatic heterocycles. The first kappa shape index (κ1) is 15.6. The Morgan fingerprint density at radius 2 is 1.81 bits per heavy atom. The van der Waals surface area contributed by atoms with Crippen molar-refractivity contribution >= 4 is 22.6 Å². The number of benzene rings is 3. The molecule has 0 saturated carbocycles. The van der Waals surface area contributed by atoms with Crippen LogP contribution >= 0.6 is 0 Å². The molecule has 26 heavy (non-hydrogen) atoms. The van der Waals surface area contributed by atoms with Crippen LogP contribution in [0.5, 0.6) is 0 Å². The van der Waals surface area contributed by atoms with Gasteiger partial charge in [-0.1, -0.05) is 30.3 Å². The topological polar surface area (TPSA) is 81.6 Å². The summed E-state index contributed by atoms with van der Waals surface area (Å²) in [5.41, 5.74) is 4.13. The molecule has 4 aromatic rings. The molecule has 0 spiro atoms. The molecule has 3 aromatic carbocycles. The quantitative estimate of drug-likeness (QED) is 0.582. The van der Waals surface area contributed by atoms with Crippen LogP contribution in [0.2, 0.25) is 0 Å². The predicted molar refractivity (Wildman–Crippen MR) is 101 cm³/mol. The number of H-pyrrole nitrogens is 1. The van der Waals surface area contributed by atoms with Crippen LogP contribution in [0.1, 0.15) is 15.9 Å². The first-order valence-electron chi connectivity index (χ1n) is 8.10. The van der Waals surface area contributed by atoms with Gasteiger partial charge in [0.1, 0.15) is 5.82 Å². The number of carbonyl (C=O) groups is 1. The molecule has 0 atom stereocenters. The van der Waals surface area contributed by atoms with Gasteiger partial charge in [-0.25, -0.2) is 4.98 Å². The maximum atomic E-state index is 12.6. The van der Waals surface area contributed by atoms with Gasteiger partial charge in [0.25, 0.3) is 5.91 Å². The van der Waals surface area contributed by atoms with E-state index in [4.69, 9.17) is 5.26 Å². The Balaban J connectivity index is 1.69. The molecule has 0 bridgehead atoms. The highest BCUT2D eigenvalue weighted by Gasteiger charge is 2.13. The van der Waals surface area contributed by atoms with E-state index in [9.17, 15) is 4.79 Å². The molecule has 1 amide bonds. The van der Waals surface area contributed by atoms with Crippen LogP contribution in [-0.4, -0.2) is 15.9 Å². The Morgan fingerprint density at radius 1 is 1.00 bits per heavy atom. The number of anilines is 1. The number of para-hydroxylation sites is 3. The molecule has 1 aromatic heterocycles. The van der Waals surface area contributed by atoms with E-state index >= 15 is 0 Å². The van der Waals surface area contributed by atoms with E-state index < -0.39 is 0 Å². The fourth-order valence-electron chi connectivity index (χ4n) is 2.80. The number of fused-ring (bicyclic) bond motifs is 1. The SMILES string of the molecule is N#Cc1cccc(C(=O)Nc2ccccc2-c2nc3ccccc3[nH]2)c1. The van der Waals surface area contributed by atoms with Gasteiger partial charge in [-0.2, -0.15) is 5.26 Å². The van der Waals surface area contributed by atoms with Gasteiger partial charge in [-0.15, -0.1) is 0 Å². The van der Waals surface area contributed by atoms with Crippen molar-refractivity contribution in [2.75, 3.05) is 5.32 Å². The van der Waals surface area contributed by atoms with Crippen molar-refractivity contribution in [2.45, 2.75) is 0 Å². The van der Waals surface area contributed by atoms with Gasteiger partial charge in [0.05, 0.1) is 28.4 Å². The Morgan fingerprint density at radius 3 is 2.65 bits per heavy atom. The summed E-state index contributed by atoms with van der Waals surface area (Å²) in [5.74, 6) is 0.415. The smallest absolute Gasteiger partial charge is 0.255 e. The number of hydrogen-bond donors (Lipinski definition) is 2. The number of nitrogens with one attached hydrogen (secondary N) is 2. The van der Waals surface area contributed by atoms with Crippen LogP contribution in [0.3, 0.4) is 0 Å². The zero-order valence-corrected chi connectivity index (χ0v) is 13.7. The Kier molecular flexibility index (Phi) is 3.92. The summed E-state index contributed by atoms with van der Waals surface area (Å²) in [5, 5.41) is 11.9. The molecular formula is C21H14N4O. The third-order valence-corrected chi connectivity index (χ3v) is 4.07. The summed E-state index contributed by atoms with van der Waals surface area (Å²) in [4.78, 5) is 20.5. The van der Waals surface area contributed by atoms with Gasteiger partial charge in [-0.05, 0) is 42.5 Å². The highest BCUT2D eigenvalue weighted by molar-refractivity contribution is 6.06. The zero-order valence-electron chi connectivity index (χ0n) is 13.7. The number of aromatic nitrogens is 2. The maximum absolute atomic E-state index is 12.6. The van der Waals surface area contributed by atoms with E-state index in [-0.39, 0.29) is 5.91 Å². The average Bonchev–Trinajstić information content (AvgIpc) is 3.12. The van der Waals surface area contributed by atoms with Gasteiger partial charge >= 0.3 is 0 Å². The van der Waals surface area contributed by atoms with Crippen LogP contribution in [0.15, 0.2) is 72.8 Å². The van der Waals surface area contributed by atoms with Crippen molar-refractivity contribution in [3.8, 4) is 17.5 Å². The van der Waals surface area contributed by atoms with Crippen LogP contribution in [0.25, 0.3) is 22.4 Å². The van der Waals surface area contributed by atoms with Crippen LogP contribution in [0, 0.1) is 11.3 Å². The number of hydrogen-bond acceptors (Lipinski definition) is 3. The molecule has 0 aliphatic rings. The second-order valence-corrected chi connectivity index (χ2v) is 5.79. The van der Waals surface area contributed by atoms with Crippen molar-refractivity contribution in [1.82, 2.24) is 9.97 Å². The van der Waals surface area contributed by atoms with Crippen molar-refractivity contribution < 1.29 is 4.79 Å². The molecule has 5 nitrogen and oxygen atoms in total. The van der Waals surface area contributed by atoms with Crippen molar-refractivity contribution in [1.29, 1.82) is 5.26 Å². The van der Waals surface area contributed by atoms with E-state index in [1.807, 2.05) is 54.6 Å². The van der Waals surface area contributed by atoms with Crippen molar-refractivity contribution in [2.24, 2.45) is 0 Å². The highest BCUT2D eigenvalue weighted by atomic mass is 16.1. The first-order valence-corrected chi connectivity index (χ1v) is 8.10. The number of rotatable bonds is 3. The third kappa shape index (κ3) is 2.92.